The Kier molecular flexibility index (Phi) is 2.47. The van der Waals surface area contributed by atoms with E-state index in [-0.39, 0.29) is 11.2 Å². The van der Waals surface area contributed by atoms with Crippen LogP contribution in [-0.2, 0) is 6.42 Å². The average molecular weight is 283 g/mol. The Balaban J connectivity index is 1.97. The molecule has 0 atom stereocenters. The van der Waals surface area contributed by atoms with Crippen molar-refractivity contribution in [1.82, 2.24) is 19.9 Å². The Hall–Kier alpha value is -2.83. The third-order valence-corrected chi connectivity index (χ3v) is 3.74. The molecule has 1 aliphatic rings. The highest BCUT2D eigenvalue weighted by Gasteiger charge is 2.17. The van der Waals surface area contributed by atoms with E-state index in [1.807, 2.05) is 18.2 Å². The molecule has 0 spiro atoms. The van der Waals surface area contributed by atoms with Crippen molar-refractivity contribution in [3.63, 3.8) is 0 Å². The van der Waals surface area contributed by atoms with Gasteiger partial charge in [0.05, 0.1) is 0 Å². The molecule has 0 radical (unpaired) electrons. The normalized spacial score (nSPS) is 13.9. The zero-order chi connectivity index (χ0) is 14.4. The Morgan fingerprint density at radius 1 is 1.10 bits per heavy atom. The monoisotopic (exact) mass is 283 g/mol. The van der Waals surface area contributed by atoms with Crippen LogP contribution in [0.4, 0.5) is 5.69 Å². The van der Waals surface area contributed by atoms with Gasteiger partial charge in [0.15, 0.2) is 5.65 Å². The number of rotatable bonds is 1. The molecule has 0 saturated carbocycles. The number of benzene rings is 1. The van der Waals surface area contributed by atoms with Crippen molar-refractivity contribution in [1.29, 1.82) is 0 Å². The van der Waals surface area contributed by atoms with Gasteiger partial charge in [-0.05, 0) is 24.5 Å². The smallest absolute Gasteiger partial charge is 0.327 e. The molecule has 7 heteroatoms. The quantitative estimate of drug-likeness (QED) is 0.533. The van der Waals surface area contributed by atoms with E-state index in [4.69, 9.17) is 0 Å². The SMILES string of the molecule is O=c1[nH]c(=O)c2[nH]c(-c3cccc4c3CCCN4)nc2[nH]1. The molecule has 3 aromatic rings. The largest absolute Gasteiger partial charge is 0.385 e. The first kappa shape index (κ1) is 12.0. The number of fused-ring (bicyclic) bond motifs is 2. The van der Waals surface area contributed by atoms with E-state index in [1.165, 1.54) is 5.56 Å². The number of hydrogen-bond donors (Lipinski definition) is 4. The van der Waals surface area contributed by atoms with Crippen molar-refractivity contribution in [2.24, 2.45) is 0 Å². The molecule has 0 aliphatic carbocycles. The van der Waals surface area contributed by atoms with Crippen molar-refractivity contribution in [2.45, 2.75) is 12.8 Å². The lowest BCUT2D eigenvalue weighted by molar-refractivity contribution is 0.831. The van der Waals surface area contributed by atoms with Gasteiger partial charge in [-0.25, -0.2) is 9.78 Å². The van der Waals surface area contributed by atoms with Gasteiger partial charge in [0.1, 0.15) is 11.3 Å². The van der Waals surface area contributed by atoms with Gasteiger partial charge in [0, 0.05) is 17.8 Å². The van der Waals surface area contributed by atoms with Crippen LogP contribution >= 0.6 is 0 Å². The summed E-state index contributed by atoms with van der Waals surface area (Å²) in [5, 5.41) is 3.36. The number of hydrogen-bond acceptors (Lipinski definition) is 4. The molecule has 1 aliphatic heterocycles. The molecule has 0 saturated heterocycles. The molecular weight excluding hydrogens is 270 g/mol. The summed E-state index contributed by atoms with van der Waals surface area (Å²) < 4.78 is 0. The Labute approximate surface area is 118 Å². The van der Waals surface area contributed by atoms with Crippen molar-refractivity contribution in [3.8, 4) is 11.4 Å². The second-order valence-corrected chi connectivity index (χ2v) is 5.08. The number of H-pyrrole nitrogens is 3. The van der Waals surface area contributed by atoms with Gasteiger partial charge in [-0.2, -0.15) is 0 Å². The molecule has 1 aromatic carbocycles. The van der Waals surface area contributed by atoms with Crippen LogP contribution in [0, 0.1) is 0 Å². The molecule has 0 fully saturated rings. The zero-order valence-corrected chi connectivity index (χ0v) is 11.1. The van der Waals surface area contributed by atoms with Crippen LogP contribution < -0.4 is 16.6 Å². The number of anilines is 1. The Bertz CT molecular complexity index is 950. The fourth-order valence-corrected chi connectivity index (χ4v) is 2.79. The summed E-state index contributed by atoms with van der Waals surface area (Å²) in [6, 6.07) is 5.96. The molecular formula is C14H13N5O2. The summed E-state index contributed by atoms with van der Waals surface area (Å²) in [4.78, 5) is 35.2. The molecule has 3 heterocycles. The number of nitrogens with zero attached hydrogens (tertiary/aromatic N) is 1. The van der Waals surface area contributed by atoms with Crippen LogP contribution in [0.25, 0.3) is 22.6 Å². The fourth-order valence-electron chi connectivity index (χ4n) is 2.79. The highest BCUT2D eigenvalue weighted by atomic mass is 16.2. The van der Waals surface area contributed by atoms with Crippen LogP contribution in [0.2, 0.25) is 0 Å². The second kappa shape index (κ2) is 4.34. The molecule has 0 unspecified atom stereocenters. The number of aromatic amines is 3. The van der Waals surface area contributed by atoms with Gasteiger partial charge in [-0.15, -0.1) is 0 Å². The first-order valence-electron chi connectivity index (χ1n) is 6.81. The predicted octanol–water partition coefficient (Wildman–Crippen LogP) is 0.965. The first-order chi connectivity index (χ1) is 10.2. The van der Waals surface area contributed by atoms with E-state index in [1.54, 1.807) is 0 Å². The molecule has 4 rings (SSSR count). The maximum Gasteiger partial charge on any atom is 0.327 e. The van der Waals surface area contributed by atoms with E-state index in [0.29, 0.717) is 5.82 Å². The fraction of sp³-hybridized carbons (Fsp3) is 0.214. The van der Waals surface area contributed by atoms with E-state index < -0.39 is 11.2 Å². The van der Waals surface area contributed by atoms with Gasteiger partial charge in [0.25, 0.3) is 5.56 Å². The van der Waals surface area contributed by atoms with Gasteiger partial charge in [-0.3, -0.25) is 14.8 Å². The highest BCUT2D eigenvalue weighted by molar-refractivity contribution is 5.78. The standard InChI is InChI=1S/C14H13N5O2/c20-13-10-12(18-14(21)19-13)17-11(16-10)8-3-1-5-9-7(8)4-2-6-15-9/h1,3,5,15H,2,4,6H2,(H3,16,17,18,19,20,21). The van der Waals surface area contributed by atoms with Crippen molar-refractivity contribution in [2.75, 3.05) is 11.9 Å². The second-order valence-electron chi connectivity index (χ2n) is 5.08. The minimum atomic E-state index is -0.553. The Morgan fingerprint density at radius 3 is 2.90 bits per heavy atom. The van der Waals surface area contributed by atoms with Crippen LogP contribution in [-0.4, -0.2) is 26.5 Å². The van der Waals surface area contributed by atoms with E-state index in [2.05, 4.69) is 25.3 Å². The summed E-state index contributed by atoms with van der Waals surface area (Å²) in [5.41, 5.74) is 2.78. The van der Waals surface area contributed by atoms with Crippen LogP contribution in [0.15, 0.2) is 27.8 Å². The highest BCUT2D eigenvalue weighted by Crippen LogP contribution is 2.31. The maximum atomic E-state index is 11.8. The summed E-state index contributed by atoms with van der Waals surface area (Å²) >= 11 is 0. The van der Waals surface area contributed by atoms with Gasteiger partial charge in [0.2, 0.25) is 0 Å². The first-order valence-corrected chi connectivity index (χ1v) is 6.81. The number of nitrogens with one attached hydrogen (secondary N) is 4. The lowest BCUT2D eigenvalue weighted by Crippen LogP contribution is -2.21. The van der Waals surface area contributed by atoms with Crippen molar-refractivity contribution in [3.05, 3.63) is 44.6 Å². The zero-order valence-electron chi connectivity index (χ0n) is 11.1. The van der Waals surface area contributed by atoms with Crippen LogP contribution in [0.5, 0.6) is 0 Å². The van der Waals surface area contributed by atoms with Crippen molar-refractivity contribution >= 4 is 16.9 Å². The molecule has 0 amide bonds. The summed E-state index contributed by atoms with van der Waals surface area (Å²) in [7, 11) is 0. The third kappa shape index (κ3) is 1.85. The van der Waals surface area contributed by atoms with Gasteiger partial charge < -0.3 is 10.3 Å². The minimum absolute atomic E-state index is 0.278. The molecule has 7 nitrogen and oxygen atoms in total. The number of imidazole rings is 1. The summed E-state index contributed by atoms with van der Waals surface area (Å²) in [6.45, 7) is 0.962. The topological polar surface area (TPSA) is 106 Å². The lowest BCUT2D eigenvalue weighted by Gasteiger charge is -2.20. The maximum absolute atomic E-state index is 11.8. The molecule has 2 aromatic heterocycles. The minimum Gasteiger partial charge on any atom is -0.385 e. The average Bonchev–Trinajstić information content (AvgIpc) is 2.90. The number of aromatic nitrogens is 4. The Morgan fingerprint density at radius 2 is 2.00 bits per heavy atom. The van der Waals surface area contributed by atoms with E-state index in [0.717, 1.165) is 30.6 Å². The lowest BCUT2D eigenvalue weighted by atomic mass is 9.97. The molecule has 0 bridgehead atoms. The van der Waals surface area contributed by atoms with Crippen LogP contribution in [0.3, 0.4) is 0 Å². The van der Waals surface area contributed by atoms with Gasteiger partial charge in [-0.1, -0.05) is 12.1 Å². The summed E-state index contributed by atoms with van der Waals surface area (Å²) in [5.74, 6) is 0.595. The predicted molar refractivity (Wildman–Crippen MR) is 79.6 cm³/mol. The van der Waals surface area contributed by atoms with Crippen molar-refractivity contribution < 1.29 is 0 Å². The third-order valence-electron chi connectivity index (χ3n) is 3.74. The summed E-state index contributed by atoms with van der Waals surface area (Å²) in [6.07, 6.45) is 2.02. The van der Waals surface area contributed by atoms with Crippen LogP contribution in [0.1, 0.15) is 12.0 Å². The molecule has 21 heavy (non-hydrogen) atoms. The van der Waals surface area contributed by atoms with E-state index >= 15 is 0 Å². The van der Waals surface area contributed by atoms with Gasteiger partial charge >= 0.3 is 5.69 Å². The molecule has 4 N–H and O–H groups in total. The molecule has 106 valence electrons. The van der Waals surface area contributed by atoms with E-state index in [9.17, 15) is 9.59 Å².